The van der Waals surface area contributed by atoms with E-state index in [0.29, 0.717) is 0 Å². The predicted molar refractivity (Wildman–Crippen MR) is 81.4 cm³/mol. The van der Waals surface area contributed by atoms with Crippen molar-refractivity contribution in [2.24, 2.45) is 4.99 Å². The molecule has 1 heterocycles. The summed E-state index contributed by atoms with van der Waals surface area (Å²) in [5.74, 6) is 1.08. The van der Waals surface area contributed by atoms with Gasteiger partial charge in [-0.3, -0.25) is 4.99 Å². The number of nitrogens with zero attached hydrogens (tertiary/aromatic N) is 1. The smallest absolute Gasteiger partial charge is 0.161 e. The van der Waals surface area contributed by atoms with Gasteiger partial charge in [-0.2, -0.15) is 0 Å². The molecule has 1 aromatic rings. The maximum Gasteiger partial charge on any atom is 0.161 e. The molecule has 1 aliphatic rings. The van der Waals surface area contributed by atoms with Gasteiger partial charge in [0.15, 0.2) is 5.17 Å². The Balaban J connectivity index is 2.06. The molecular formula is C12H15IN2S. The van der Waals surface area contributed by atoms with Gasteiger partial charge in [0.2, 0.25) is 0 Å². The molecule has 2 nitrogen and oxygen atoms in total. The van der Waals surface area contributed by atoms with Crippen molar-refractivity contribution in [3.8, 4) is 0 Å². The van der Waals surface area contributed by atoms with Gasteiger partial charge in [0.25, 0.3) is 0 Å². The zero-order valence-corrected chi connectivity index (χ0v) is 12.4. The van der Waals surface area contributed by atoms with Gasteiger partial charge in [0.05, 0.1) is 5.54 Å². The molecule has 0 aliphatic carbocycles. The van der Waals surface area contributed by atoms with Gasteiger partial charge < -0.3 is 5.32 Å². The second kappa shape index (κ2) is 4.96. The van der Waals surface area contributed by atoms with Gasteiger partial charge in [-0.25, -0.2) is 0 Å². The maximum atomic E-state index is 4.72. The Kier molecular flexibility index (Phi) is 3.79. The van der Waals surface area contributed by atoms with E-state index in [1.165, 1.54) is 3.57 Å². The number of aliphatic imine (C=N–C) groups is 1. The summed E-state index contributed by atoms with van der Waals surface area (Å²) >= 11 is 4.12. The number of hydrogen-bond donors (Lipinski definition) is 1. The molecule has 1 aromatic carbocycles. The molecule has 4 heteroatoms. The van der Waals surface area contributed by atoms with E-state index < -0.39 is 0 Å². The van der Waals surface area contributed by atoms with Crippen molar-refractivity contribution in [3.05, 3.63) is 27.8 Å². The molecule has 16 heavy (non-hydrogen) atoms. The number of anilines is 1. The normalized spacial score (nSPS) is 24.3. The fraction of sp³-hybridized carbons (Fsp3) is 0.417. The van der Waals surface area contributed by atoms with Crippen LogP contribution in [0.15, 0.2) is 29.3 Å². The van der Waals surface area contributed by atoms with Crippen LogP contribution in [0.3, 0.4) is 0 Å². The van der Waals surface area contributed by atoms with Gasteiger partial charge in [0, 0.05) is 15.0 Å². The third-order valence-corrected chi connectivity index (χ3v) is 4.70. The highest BCUT2D eigenvalue weighted by Crippen LogP contribution is 2.30. The zero-order chi connectivity index (χ0) is 11.6. The SMILES string of the molecule is CCC1(C)CSC(Nc2ccc(I)cc2)=N1. The number of nitrogens with one attached hydrogen (secondary N) is 1. The molecule has 2 rings (SSSR count). The summed E-state index contributed by atoms with van der Waals surface area (Å²) in [6.07, 6.45) is 1.10. The first kappa shape index (κ1) is 12.2. The van der Waals surface area contributed by atoms with Crippen LogP contribution >= 0.6 is 34.4 Å². The van der Waals surface area contributed by atoms with Crippen LogP contribution in [0, 0.1) is 3.57 Å². The minimum atomic E-state index is 0.121. The lowest BCUT2D eigenvalue weighted by Gasteiger charge is -2.15. The Morgan fingerprint density at radius 3 is 2.69 bits per heavy atom. The highest BCUT2D eigenvalue weighted by molar-refractivity contribution is 14.1. The summed E-state index contributed by atoms with van der Waals surface area (Å²) in [4.78, 5) is 4.72. The molecule has 1 N–H and O–H groups in total. The summed E-state index contributed by atoms with van der Waals surface area (Å²) in [5.41, 5.74) is 1.24. The Labute approximate surface area is 114 Å². The fourth-order valence-electron chi connectivity index (χ4n) is 1.44. The van der Waals surface area contributed by atoms with Gasteiger partial charge >= 0.3 is 0 Å². The molecule has 0 spiro atoms. The monoisotopic (exact) mass is 346 g/mol. The molecule has 0 bridgehead atoms. The van der Waals surface area contributed by atoms with Gasteiger partial charge in [-0.05, 0) is 60.2 Å². The minimum absolute atomic E-state index is 0.121. The molecule has 1 aliphatic heterocycles. The van der Waals surface area contributed by atoms with E-state index in [9.17, 15) is 0 Å². The van der Waals surface area contributed by atoms with Crippen LogP contribution in [-0.2, 0) is 0 Å². The topological polar surface area (TPSA) is 24.4 Å². The average molecular weight is 346 g/mol. The number of halogens is 1. The van der Waals surface area contributed by atoms with Crippen molar-refractivity contribution in [1.29, 1.82) is 0 Å². The van der Waals surface area contributed by atoms with Crippen LogP contribution in [0.1, 0.15) is 20.3 Å². The molecular weight excluding hydrogens is 331 g/mol. The van der Waals surface area contributed by atoms with Gasteiger partial charge in [-0.1, -0.05) is 18.7 Å². The Morgan fingerprint density at radius 1 is 1.44 bits per heavy atom. The first-order chi connectivity index (χ1) is 7.61. The quantitative estimate of drug-likeness (QED) is 0.820. The van der Waals surface area contributed by atoms with Gasteiger partial charge in [-0.15, -0.1) is 0 Å². The fourth-order valence-corrected chi connectivity index (χ4v) is 2.99. The van der Waals surface area contributed by atoms with Crippen molar-refractivity contribution < 1.29 is 0 Å². The molecule has 1 unspecified atom stereocenters. The van der Waals surface area contributed by atoms with Crippen LogP contribution in [0.25, 0.3) is 0 Å². The summed E-state index contributed by atoms with van der Waals surface area (Å²) < 4.78 is 1.25. The van der Waals surface area contributed by atoms with E-state index in [0.717, 1.165) is 23.0 Å². The Bertz CT molecular complexity index is 402. The van der Waals surface area contributed by atoms with Crippen molar-refractivity contribution in [2.75, 3.05) is 11.1 Å². The summed E-state index contributed by atoms with van der Waals surface area (Å²) in [6.45, 7) is 4.40. The lowest BCUT2D eigenvalue weighted by molar-refractivity contribution is 0.523. The first-order valence-electron chi connectivity index (χ1n) is 5.36. The Hall–Kier alpha value is -0.230. The second-order valence-electron chi connectivity index (χ2n) is 4.19. The molecule has 0 saturated carbocycles. The summed E-state index contributed by atoms with van der Waals surface area (Å²) in [7, 11) is 0. The summed E-state index contributed by atoms with van der Waals surface area (Å²) in [5, 5.41) is 4.41. The van der Waals surface area contributed by atoms with E-state index in [2.05, 4.69) is 66.0 Å². The molecule has 86 valence electrons. The van der Waals surface area contributed by atoms with E-state index in [1.807, 2.05) is 11.8 Å². The molecule has 0 aromatic heterocycles. The third kappa shape index (κ3) is 2.91. The van der Waals surface area contributed by atoms with E-state index in [1.54, 1.807) is 0 Å². The highest BCUT2D eigenvalue weighted by atomic mass is 127. The molecule has 0 radical (unpaired) electrons. The summed E-state index contributed by atoms with van der Waals surface area (Å²) in [6, 6.07) is 8.38. The third-order valence-electron chi connectivity index (χ3n) is 2.75. The van der Waals surface area contributed by atoms with Crippen LogP contribution in [0.5, 0.6) is 0 Å². The second-order valence-corrected chi connectivity index (χ2v) is 6.40. The van der Waals surface area contributed by atoms with Gasteiger partial charge in [0.1, 0.15) is 0 Å². The zero-order valence-electron chi connectivity index (χ0n) is 9.46. The van der Waals surface area contributed by atoms with Crippen molar-refractivity contribution >= 4 is 45.2 Å². The number of hydrogen-bond acceptors (Lipinski definition) is 3. The van der Waals surface area contributed by atoms with Crippen LogP contribution in [-0.4, -0.2) is 16.5 Å². The predicted octanol–water partition coefficient (Wildman–Crippen LogP) is 3.97. The standard InChI is InChI=1S/C12H15IN2S/c1-3-12(2)8-16-11(15-12)14-10-6-4-9(13)5-7-10/h4-7H,3,8H2,1-2H3,(H,14,15). The lowest BCUT2D eigenvalue weighted by atomic mass is 10.0. The average Bonchev–Trinajstić information content (AvgIpc) is 2.65. The van der Waals surface area contributed by atoms with Crippen molar-refractivity contribution in [2.45, 2.75) is 25.8 Å². The number of rotatable bonds is 2. The lowest BCUT2D eigenvalue weighted by Crippen LogP contribution is -2.20. The highest BCUT2D eigenvalue weighted by Gasteiger charge is 2.28. The minimum Gasteiger partial charge on any atom is -0.335 e. The van der Waals surface area contributed by atoms with Crippen molar-refractivity contribution in [1.82, 2.24) is 0 Å². The van der Waals surface area contributed by atoms with E-state index >= 15 is 0 Å². The largest absolute Gasteiger partial charge is 0.335 e. The molecule has 1 atom stereocenters. The molecule has 0 amide bonds. The van der Waals surface area contributed by atoms with E-state index in [-0.39, 0.29) is 5.54 Å². The Morgan fingerprint density at radius 2 is 2.12 bits per heavy atom. The first-order valence-corrected chi connectivity index (χ1v) is 7.43. The number of thioether (sulfide) groups is 1. The van der Waals surface area contributed by atoms with Crippen LogP contribution in [0.4, 0.5) is 5.69 Å². The maximum absolute atomic E-state index is 4.72. The number of benzene rings is 1. The van der Waals surface area contributed by atoms with Crippen LogP contribution < -0.4 is 5.32 Å². The number of amidine groups is 1. The van der Waals surface area contributed by atoms with Crippen molar-refractivity contribution in [3.63, 3.8) is 0 Å². The molecule has 0 fully saturated rings. The molecule has 0 saturated heterocycles. The van der Waals surface area contributed by atoms with Crippen LogP contribution in [0.2, 0.25) is 0 Å². The van der Waals surface area contributed by atoms with E-state index in [4.69, 9.17) is 4.99 Å².